The molecule has 1 N–H and O–H groups in total. The monoisotopic (exact) mass is 515 g/mol. The van der Waals surface area contributed by atoms with Gasteiger partial charge < -0.3 is 10.2 Å². The molecule has 0 aromatic heterocycles. The van der Waals surface area contributed by atoms with Crippen LogP contribution in [0.2, 0.25) is 0 Å². The number of carbonyl (C=O) groups excluding carboxylic acids is 2. The van der Waals surface area contributed by atoms with Gasteiger partial charge in [-0.3, -0.25) is 13.9 Å². The van der Waals surface area contributed by atoms with Crippen LogP contribution in [0.25, 0.3) is 0 Å². The molecule has 0 saturated carbocycles. The number of benzene rings is 2. The van der Waals surface area contributed by atoms with Crippen LogP contribution < -0.4 is 9.62 Å². The highest BCUT2D eigenvalue weighted by atomic mass is 32.2. The van der Waals surface area contributed by atoms with Gasteiger partial charge in [0.2, 0.25) is 21.8 Å². The molecule has 0 saturated heterocycles. The summed E-state index contributed by atoms with van der Waals surface area (Å²) < 4.78 is 26.6. The van der Waals surface area contributed by atoms with Crippen LogP contribution in [0, 0.1) is 12.8 Å². The largest absolute Gasteiger partial charge is 0.354 e. The molecule has 0 radical (unpaired) electrons. The molecule has 0 heterocycles. The zero-order valence-electron chi connectivity index (χ0n) is 22.6. The van der Waals surface area contributed by atoms with Gasteiger partial charge in [0.05, 0.1) is 11.9 Å². The third-order valence-corrected chi connectivity index (χ3v) is 7.21. The standard InChI is InChI=1S/C28H41N3O4S/c1-8-26(28(33)29-17-20(2)3)30(18-23-11-9-22(6)10-12-23)27(32)19-31(36(7,34)35)25-15-13-24(14-16-25)21(4)5/h9-16,20-21,26H,8,17-19H2,1-7H3,(H,29,33)/t26-/m1/s1. The molecular weight excluding hydrogens is 474 g/mol. The summed E-state index contributed by atoms with van der Waals surface area (Å²) in [7, 11) is -3.75. The van der Waals surface area contributed by atoms with Crippen molar-refractivity contribution < 1.29 is 18.0 Å². The molecule has 36 heavy (non-hydrogen) atoms. The van der Waals surface area contributed by atoms with Gasteiger partial charge in [-0.05, 0) is 48.4 Å². The first-order valence-corrected chi connectivity index (χ1v) is 14.4. The summed E-state index contributed by atoms with van der Waals surface area (Å²) in [4.78, 5) is 28.3. The zero-order chi connectivity index (χ0) is 27.0. The molecule has 198 valence electrons. The smallest absolute Gasteiger partial charge is 0.244 e. The van der Waals surface area contributed by atoms with E-state index in [0.29, 0.717) is 24.6 Å². The predicted octanol–water partition coefficient (Wildman–Crippen LogP) is 4.46. The summed E-state index contributed by atoms with van der Waals surface area (Å²) in [6.07, 6.45) is 1.50. The number of nitrogens with zero attached hydrogens (tertiary/aromatic N) is 2. The number of aryl methyl sites for hydroxylation is 1. The second kappa shape index (κ2) is 12.9. The Labute approximate surface area is 216 Å². The minimum Gasteiger partial charge on any atom is -0.354 e. The summed E-state index contributed by atoms with van der Waals surface area (Å²) in [5, 5.41) is 2.93. The van der Waals surface area contributed by atoms with Crippen molar-refractivity contribution in [3.63, 3.8) is 0 Å². The molecule has 2 amide bonds. The van der Waals surface area contributed by atoms with E-state index in [-0.39, 0.29) is 24.9 Å². The SMILES string of the molecule is CC[C@H](C(=O)NCC(C)C)N(Cc1ccc(C)cc1)C(=O)CN(c1ccc(C(C)C)cc1)S(C)(=O)=O. The van der Waals surface area contributed by atoms with Gasteiger partial charge >= 0.3 is 0 Å². The van der Waals surface area contributed by atoms with Gasteiger partial charge in [-0.2, -0.15) is 0 Å². The van der Waals surface area contributed by atoms with E-state index in [4.69, 9.17) is 0 Å². The molecule has 2 aromatic rings. The van der Waals surface area contributed by atoms with Gasteiger partial charge in [0.15, 0.2) is 0 Å². The van der Waals surface area contributed by atoms with Crippen molar-refractivity contribution in [1.29, 1.82) is 0 Å². The van der Waals surface area contributed by atoms with Crippen LogP contribution in [0.15, 0.2) is 48.5 Å². The maximum absolute atomic E-state index is 13.7. The molecule has 0 aliphatic carbocycles. The van der Waals surface area contributed by atoms with Crippen LogP contribution in [0.1, 0.15) is 63.6 Å². The minimum absolute atomic E-state index is 0.205. The Kier molecular flexibility index (Phi) is 10.5. The van der Waals surface area contributed by atoms with Crippen molar-refractivity contribution in [2.45, 2.75) is 66.5 Å². The van der Waals surface area contributed by atoms with E-state index >= 15 is 0 Å². The highest BCUT2D eigenvalue weighted by Gasteiger charge is 2.31. The second-order valence-electron chi connectivity index (χ2n) is 10.1. The van der Waals surface area contributed by atoms with Crippen LogP contribution in [0.4, 0.5) is 5.69 Å². The lowest BCUT2D eigenvalue weighted by Crippen LogP contribution is -2.52. The summed E-state index contributed by atoms with van der Waals surface area (Å²) in [5.74, 6) is -0.103. The third kappa shape index (κ3) is 8.36. The summed E-state index contributed by atoms with van der Waals surface area (Å²) in [5.41, 5.74) is 3.46. The van der Waals surface area contributed by atoms with Crippen LogP contribution in [-0.4, -0.2) is 50.5 Å². The predicted molar refractivity (Wildman–Crippen MR) is 146 cm³/mol. The number of amides is 2. The van der Waals surface area contributed by atoms with Gasteiger partial charge in [-0.25, -0.2) is 8.42 Å². The molecular formula is C28H41N3O4S. The number of carbonyl (C=O) groups is 2. The molecule has 0 aliphatic heterocycles. The van der Waals surface area contributed by atoms with Crippen molar-refractivity contribution >= 4 is 27.5 Å². The molecule has 0 unspecified atom stereocenters. The number of nitrogens with one attached hydrogen (secondary N) is 1. The first-order valence-electron chi connectivity index (χ1n) is 12.5. The maximum Gasteiger partial charge on any atom is 0.244 e. The highest BCUT2D eigenvalue weighted by Crippen LogP contribution is 2.23. The Hall–Kier alpha value is -2.87. The highest BCUT2D eigenvalue weighted by molar-refractivity contribution is 7.92. The van der Waals surface area contributed by atoms with Gasteiger partial charge in [0.25, 0.3) is 0 Å². The Morgan fingerprint density at radius 1 is 0.944 bits per heavy atom. The van der Waals surface area contributed by atoms with Crippen molar-refractivity contribution in [3.05, 3.63) is 65.2 Å². The molecule has 0 spiro atoms. The van der Waals surface area contributed by atoms with Gasteiger partial charge in [0.1, 0.15) is 12.6 Å². The second-order valence-corrected chi connectivity index (χ2v) is 12.0. The number of rotatable bonds is 12. The van der Waals surface area contributed by atoms with E-state index in [1.807, 2.05) is 64.1 Å². The molecule has 0 fully saturated rings. The molecule has 8 heteroatoms. The third-order valence-electron chi connectivity index (χ3n) is 6.07. The zero-order valence-corrected chi connectivity index (χ0v) is 23.4. The molecule has 2 aromatic carbocycles. The van der Waals surface area contributed by atoms with Crippen molar-refractivity contribution in [3.8, 4) is 0 Å². The Bertz CT molecular complexity index is 1110. The topological polar surface area (TPSA) is 86.8 Å². The minimum atomic E-state index is -3.75. The first-order chi connectivity index (χ1) is 16.8. The fourth-order valence-corrected chi connectivity index (χ4v) is 4.72. The Balaban J connectivity index is 2.41. The van der Waals surface area contributed by atoms with Crippen molar-refractivity contribution in [2.24, 2.45) is 5.92 Å². The van der Waals surface area contributed by atoms with E-state index < -0.39 is 22.0 Å². The van der Waals surface area contributed by atoms with E-state index in [1.165, 1.54) is 4.90 Å². The molecule has 2 rings (SSSR count). The van der Waals surface area contributed by atoms with E-state index in [0.717, 1.165) is 27.3 Å². The van der Waals surface area contributed by atoms with Gasteiger partial charge in [-0.15, -0.1) is 0 Å². The van der Waals surface area contributed by atoms with Crippen LogP contribution in [0.5, 0.6) is 0 Å². The molecule has 1 atom stereocenters. The quantitative estimate of drug-likeness (QED) is 0.452. The fourth-order valence-electron chi connectivity index (χ4n) is 3.87. The lowest BCUT2D eigenvalue weighted by atomic mass is 10.0. The van der Waals surface area contributed by atoms with Crippen LogP contribution >= 0.6 is 0 Å². The van der Waals surface area contributed by atoms with Crippen LogP contribution in [0.3, 0.4) is 0 Å². The van der Waals surface area contributed by atoms with E-state index in [2.05, 4.69) is 19.2 Å². The Morgan fingerprint density at radius 2 is 1.53 bits per heavy atom. The Morgan fingerprint density at radius 3 is 2.00 bits per heavy atom. The molecule has 0 aliphatic rings. The van der Waals surface area contributed by atoms with Gasteiger partial charge in [-0.1, -0.05) is 76.6 Å². The first kappa shape index (κ1) is 29.4. The lowest BCUT2D eigenvalue weighted by molar-refractivity contribution is -0.140. The fraction of sp³-hybridized carbons (Fsp3) is 0.500. The summed E-state index contributed by atoms with van der Waals surface area (Å²) >= 11 is 0. The number of anilines is 1. The van der Waals surface area contributed by atoms with Crippen LogP contribution in [-0.2, 0) is 26.2 Å². The van der Waals surface area contributed by atoms with E-state index in [1.54, 1.807) is 12.1 Å². The summed E-state index contributed by atoms with van der Waals surface area (Å²) in [6.45, 7) is 12.3. The molecule has 7 nitrogen and oxygen atoms in total. The summed E-state index contributed by atoms with van der Waals surface area (Å²) in [6, 6.07) is 14.2. The lowest BCUT2D eigenvalue weighted by Gasteiger charge is -2.33. The number of sulfonamides is 1. The average Bonchev–Trinajstić information content (AvgIpc) is 2.81. The number of hydrogen-bond donors (Lipinski definition) is 1. The van der Waals surface area contributed by atoms with Gasteiger partial charge in [0, 0.05) is 13.1 Å². The van der Waals surface area contributed by atoms with E-state index in [9.17, 15) is 18.0 Å². The van der Waals surface area contributed by atoms with Crippen molar-refractivity contribution in [1.82, 2.24) is 10.2 Å². The number of hydrogen-bond acceptors (Lipinski definition) is 4. The maximum atomic E-state index is 13.7. The average molecular weight is 516 g/mol. The normalized spacial score (nSPS) is 12.5. The molecule has 0 bridgehead atoms. The van der Waals surface area contributed by atoms with Crippen molar-refractivity contribution in [2.75, 3.05) is 23.7 Å².